The van der Waals surface area contributed by atoms with E-state index < -0.39 is 0 Å². The summed E-state index contributed by atoms with van der Waals surface area (Å²) < 4.78 is 13.1. The van der Waals surface area contributed by atoms with Crippen LogP contribution in [0.2, 0.25) is 0 Å². The van der Waals surface area contributed by atoms with Gasteiger partial charge in [0.1, 0.15) is 5.82 Å². The number of aromatic nitrogens is 1. The first-order chi connectivity index (χ1) is 10.0. The molecule has 3 nitrogen and oxygen atoms in total. The second kappa shape index (κ2) is 7.04. The summed E-state index contributed by atoms with van der Waals surface area (Å²) in [4.78, 5) is 18.6. The van der Waals surface area contributed by atoms with Crippen LogP contribution in [0.25, 0.3) is 0 Å². The molecule has 1 atom stereocenters. The van der Waals surface area contributed by atoms with Gasteiger partial charge in [0, 0.05) is 11.1 Å². The molecule has 0 aliphatic carbocycles. The van der Waals surface area contributed by atoms with Gasteiger partial charge in [-0.15, -0.1) is 11.3 Å². The predicted octanol–water partition coefficient (Wildman–Crippen LogP) is 3.88. The minimum atomic E-state index is -0.312. The standard InChI is InChI=1S/C15H17FN2OS2/c1-10(20-3)15(19)18(8-13-9-21-11(2)17-13)14-6-4-12(16)5-7-14/h4-7,9-10H,8H2,1-3H3/t10-/m1/s1. The average Bonchev–Trinajstić information content (AvgIpc) is 2.89. The van der Waals surface area contributed by atoms with E-state index in [2.05, 4.69) is 4.98 Å². The summed E-state index contributed by atoms with van der Waals surface area (Å²) in [7, 11) is 0. The third-order valence-electron chi connectivity index (χ3n) is 3.09. The molecule has 1 aromatic carbocycles. The van der Waals surface area contributed by atoms with Gasteiger partial charge < -0.3 is 4.90 Å². The van der Waals surface area contributed by atoms with Crippen molar-refractivity contribution in [2.75, 3.05) is 11.2 Å². The van der Waals surface area contributed by atoms with Gasteiger partial charge in [0.05, 0.1) is 22.5 Å². The van der Waals surface area contributed by atoms with Gasteiger partial charge in [0.15, 0.2) is 0 Å². The quantitative estimate of drug-likeness (QED) is 0.837. The number of thioether (sulfide) groups is 1. The van der Waals surface area contributed by atoms with Gasteiger partial charge in [-0.3, -0.25) is 4.79 Å². The highest BCUT2D eigenvalue weighted by Gasteiger charge is 2.22. The van der Waals surface area contributed by atoms with Crippen molar-refractivity contribution >= 4 is 34.7 Å². The molecule has 1 amide bonds. The van der Waals surface area contributed by atoms with Gasteiger partial charge in [0.2, 0.25) is 5.91 Å². The number of benzene rings is 1. The fourth-order valence-corrected chi connectivity index (χ4v) is 2.81. The van der Waals surface area contributed by atoms with Crippen LogP contribution in [0.5, 0.6) is 0 Å². The van der Waals surface area contributed by atoms with E-state index in [0.717, 1.165) is 10.7 Å². The Labute approximate surface area is 132 Å². The summed E-state index contributed by atoms with van der Waals surface area (Å²) in [6, 6.07) is 5.98. The molecule has 0 aliphatic heterocycles. The maximum Gasteiger partial charge on any atom is 0.240 e. The lowest BCUT2D eigenvalue weighted by Crippen LogP contribution is -2.36. The molecule has 1 aromatic heterocycles. The Hall–Kier alpha value is -1.40. The van der Waals surface area contributed by atoms with Crippen LogP contribution in [0.15, 0.2) is 29.6 Å². The summed E-state index contributed by atoms with van der Waals surface area (Å²) in [5.41, 5.74) is 1.54. The first kappa shape index (κ1) is 16.0. The van der Waals surface area contributed by atoms with Gasteiger partial charge in [0.25, 0.3) is 0 Å². The van der Waals surface area contributed by atoms with Crippen LogP contribution in [-0.4, -0.2) is 22.4 Å². The number of hydrogen-bond donors (Lipinski definition) is 0. The van der Waals surface area contributed by atoms with Gasteiger partial charge in [-0.25, -0.2) is 9.37 Å². The molecular formula is C15H17FN2OS2. The Bertz CT molecular complexity index is 612. The maximum absolute atomic E-state index is 13.1. The van der Waals surface area contributed by atoms with Crippen molar-refractivity contribution in [3.63, 3.8) is 0 Å². The van der Waals surface area contributed by atoms with Crippen LogP contribution >= 0.6 is 23.1 Å². The van der Waals surface area contributed by atoms with Crippen molar-refractivity contribution in [1.82, 2.24) is 4.98 Å². The number of amides is 1. The molecule has 0 aliphatic rings. The smallest absolute Gasteiger partial charge is 0.240 e. The molecule has 0 bridgehead atoms. The number of aryl methyl sites for hydroxylation is 1. The number of anilines is 1. The Morgan fingerprint density at radius 3 is 2.62 bits per heavy atom. The zero-order valence-electron chi connectivity index (χ0n) is 12.2. The number of thiazole rings is 1. The number of nitrogens with zero attached hydrogens (tertiary/aromatic N) is 2. The van der Waals surface area contributed by atoms with Crippen LogP contribution in [0.1, 0.15) is 17.6 Å². The van der Waals surface area contributed by atoms with Crippen LogP contribution in [0.3, 0.4) is 0 Å². The van der Waals surface area contributed by atoms with E-state index in [4.69, 9.17) is 0 Å². The normalized spacial score (nSPS) is 12.2. The van der Waals surface area contributed by atoms with Crippen molar-refractivity contribution in [3.05, 3.63) is 46.2 Å². The SMILES string of the molecule is CS[C@H](C)C(=O)N(Cc1csc(C)n1)c1ccc(F)cc1. The molecule has 0 saturated heterocycles. The summed E-state index contributed by atoms with van der Waals surface area (Å²) in [5, 5.41) is 2.76. The molecule has 0 unspecified atom stereocenters. The highest BCUT2D eigenvalue weighted by Crippen LogP contribution is 2.22. The third kappa shape index (κ3) is 4.04. The number of carbonyl (C=O) groups is 1. The van der Waals surface area contributed by atoms with E-state index in [1.807, 2.05) is 25.5 Å². The molecule has 2 aromatic rings. The first-order valence-corrected chi connectivity index (χ1v) is 8.68. The lowest BCUT2D eigenvalue weighted by molar-refractivity contribution is -0.118. The summed E-state index contributed by atoms with van der Waals surface area (Å²) in [6.07, 6.45) is 1.90. The second-order valence-electron chi connectivity index (χ2n) is 4.64. The fourth-order valence-electron chi connectivity index (χ4n) is 1.88. The van der Waals surface area contributed by atoms with E-state index >= 15 is 0 Å². The molecule has 0 saturated carbocycles. The van der Waals surface area contributed by atoms with E-state index in [1.165, 1.54) is 23.9 Å². The van der Waals surface area contributed by atoms with Crippen molar-refractivity contribution in [2.45, 2.75) is 25.6 Å². The Kier molecular flexibility index (Phi) is 5.36. The summed E-state index contributed by atoms with van der Waals surface area (Å²) >= 11 is 3.05. The molecule has 21 heavy (non-hydrogen) atoms. The van der Waals surface area contributed by atoms with Gasteiger partial charge in [-0.05, 0) is 44.4 Å². The van der Waals surface area contributed by atoms with Crippen molar-refractivity contribution in [2.24, 2.45) is 0 Å². The largest absolute Gasteiger partial charge is 0.305 e. The van der Waals surface area contributed by atoms with Gasteiger partial charge >= 0.3 is 0 Å². The fraction of sp³-hybridized carbons (Fsp3) is 0.333. The van der Waals surface area contributed by atoms with Crippen LogP contribution < -0.4 is 4.90 Å². The van der Waals surface area contributed by atoms with E-state index in [-0.39, 0.29) is 17.0 Å². The van der Waals surface area contributed by atoms with Crippen LogP contribution in [0, 0.1) is 12.7 Å². The lowest BCUT2D eigenvalue weighted by Gasteiger charge is -2.24. The molecule has 0 radical (unpaired) electrons. The zero-order valence-corrected chi connectivity index (χ0v) is 13.8. The van der Waals surface area contributed by atoms with Crippen molar-refractivity contribution < 1.29 is 9.18 Å². The monoisotopic (exact) mass is 324 g/mol. The molecular weight excluding hydrogens is 307 g/mol. The van der Waals surface area contributed by atoms with E-state index in [0.29, 0.717) is 12.2 Å². The van der Waals surface area contributed by atoms with Crippen LogP contribution in [-0.2, 0) is 11.3 Å². The molecule has 112 valence electrons. The highest BCUT2D eigenvalue weighted by molar-refractivity contribution is 7.99. The number of carbonyl (C=O) groups excluding carboxylic acids is 1. The Morgan fingerprint density at radius 1 is 1.43 bits per heavy atom. The lowest BCUT2D eigenvalue weighted by atomic mass is 10.2. The van der Waals surface area contributed by atoms with Gasteiger partial charge in [-0.2, -0.15) is 11.8 Å². The minimum absolute atomic E-state index is 0.000221. The molecule has 0 N–H and O–H groups in total. The average molecular weight is 324 g/mol. The maximum atomic E-state index is 13.1. The van der Waals surface area contributed by atoms with E-state index in [1.54, 1.807) is 28.4 Å². The second-order valence-corrected chi connectivity index (χ2v) is 6.88. The first-order valence-electron chi connectivity index (χ1n) is 6.52. The van der Waals surface area contributed by atoms with Gasteiger partial charge in [-0.1, -0.05) is 0 Å². The molecule has 0 fully saturated rings. The minimum Gasteiger partial charge on any atom is -0.305 e. The molecule has 1 heterocycles. The molecule has 2 rings (SSSR count). The summed E-state index contributed by atoms with van der Waals surface area (Å²) in [5.74, 6) is -0.312. The van der Waals surface area contributed by atoms with Crippen molar-refractivity contribution in [1.29, 1.82) is 0 Å². The Morgan fingerprint density at radius 2 is 2.10 bits per heavy atom. The zero-order chi connectivity index (χ0) is 15.4. The number of hydrogen-bond acceptors (Lipinski definition) is 4. The number of rotatable bonds is 5. The van der Waals surface area contributed by atoms with Crippen molar-refractivity contribution in [3.8, 4) is 0 Å². The molecule has 0 spiro atoms. The highest BCUT2D eigenvalue weighted by atomic mass is 32.2. The van der Waals surface area contributed by atoms with E-state index in [9.17, 15) is 9.18 Å². The predicted molar refractivity (Wildman–Crippen MR) is 87.4 cm³/mol. The molecule has 6 heteroatoms. The third-order valence-corrected chi connectivity index (χ3v) is 4.82. The number of halogens is 1. The topological polar surface area (TPSA) is 33.2 Å². The Balaban J connectivity index is 2.29. The summed E-state index contributed by atoms with van der Waals surface area (Å²) in [6.45, 7) is 4.21. The van der Waals surface area contributed by atoms with Crippen LogP contribution in [0.4, 0.5) is 10.1 Å².